The second kappa shape index (κ2) is 12.2. The molecule has 1 aromatic heterocycles. The molecule has 19 heteroatoms. The predicted octanol–water partition coefficient (Wildman–Crippen LogP) is -0.705. The first-order valence-corrected chi connectivity index (χ1v) is 15.5. The maximum atomic E-state index is 13.5. The van der Waals surface area contributed by atoms with Crippen LogP contribution in [0.5, 0.6) is 0 Å². The number of carboxylic acid groups (broad SMARTS) is 2. The first-order chi connectivity index (χ1) is 21.0. The van der Waals surface area contributed by atoms with E-state index in [-0.39, 0.29) is 33.7 Å². The molecule has 5 heterocycles. The van der Waals surface area contributed by atoms with Crippen molar-refractivity contribution in [1.29, 1.82) is 0 Å². The summed E-state index contributed by atoms with van der Waals surface area (Å²) in [4.78, 5) is 86.6. The Hall–Kier alpha value is -4.62. The number of rotatable bonds is 11. The fraction of sp³-hybridized carbons (Fsp3) is 0.280. The SMILES string of the molecule is C=CC1=C(C(=O)O)N2C(=O)C(NC(=O)C3=C(C=C)CSC4[C@H](NC(=O)/C(=N\OCC(=O)O)c5csc(N)n5)C(=O)N34)C2SC1. The van der Waals surface area contributed by atoms with Gasteiger partial charge in [0.25, 0.3) is 23.6 Å². The number of β-lactam (4-membered cyclic amide) rings is 2. The molecule has 4 aliphatic heterocycles. The van der Waals surface area contributed by atoms with Gasteiger partial charge in [-0.1, -0.05) is 30.5 Å². The van der Waals surface area contributed by atoms with Crippen molar-refractivity contribution >= 4 is 81.3 Å². The van der Waals surface area contributed by atoms with Crippen molar-refractivity contribution in [3.63, 3.8) is 0 Å². The minimum absolute atomic E-state index is 0.00474. The first-order valence-electron chi connectivity index (χ1n) is 12.6. The van der Waals surface area contributed by atoms with Crippen LogP contribution in [0.15, 0.2) is 58.4 Å². The standard InChI is InChI=1S/C25H23N7O9S3/c1-3-9-6-42-22-14(28-18(35)13(30-41-5-12(33)34)11-8-44-25(26)27-11)20(37)31(22)16(9)19(36)29-15-21(38)32-17(24(39)40)10(4-2)7-43-23(15)32/h3-4,8,14-15,22-23H,1-2,5-7H2,(H2,26,27)(H,28,35)(H,29,36)(H,33,34)(H,39,40)/b30-13-/t14-,15?,22?,23?/m1/s1. The van der Waals surface area contributed by atoms with Crippen LogP contribution in [-0.4, -0.2) is 107 Å². The lowest BCUT2D eigenvalue weighted by Crippen LogP contribution is -2.73. The Kier molecular flexibility index (Phi) is 8.53. The topological polar surface area (TPSA) is 234 Å². The molecule has 0 aromatic carbocycles. The summed E-state index contributed by atoms with van der Waals surface area (Å²) in [5.41, 5.74) is 5.83. The number of amides is 4. The molecule has 2 saturated heterocycles. The van der Waals surface area contributed by atoms with E-state index in [1.807, 2.05) is 0 Å². The summed E-state index contributed by atoms with van der Waals surface area (Å²) in [6, 6.07) is -2.14. The number of aliphatic carboxylic acids is 2. The average Bonchev–Trinajstić information content (AvgIpc) is 3.43. The van der Waals surface area contributed by atoms with E-state index < -0.39 is 70.7 Å². The minimum Gasteiger partial charge on any atom is -0.479 e. The third-order valence-corrected chi connectivity index (χ3v) is 10.1. The summed E-state index contributed by atoms with van der Waals surface area (Å²) >= 11 is 3.53. The molecule has 230 valence electrons. The van der Waals surface area contributed by atoms with E-state index in [4.69, 9.17) is 15.7 Å². The van der Waals surface area contributed by atoms with Gasteiger partial charge in [-0.15, -0.1) is 34.9 Å². The summed E-state index contributed by atoms with van der Waals surface area (Å²) in [6.07, 6.45) is 2.79. The molecular formula is C25H23N7O9S3. The normalized spacial score (nSPS) is 24.4. The molecule has 44 heavy (non-hydrogen) atoms. The van der Waals surface area contributed by atoms with Crippen LogP contribution in [0.4, 0.5) is 5.13 Å². The van der Waals surface area contributed by atoms with Gasteiger partial charge in [0.05, 0.1) is 0 Å². The van der Waals surface area contributed by atoms with Gasteiger partial charge in [-0.25, -0.2) is 14.6 Å². The Balaban J connectivity index is 1.31. The van der Waals surface area contributed by atoms with Gasteiger partial charge >= 0.3 is 11.9 Å². The Morgan fingerprint density at radius 1 is 1.02 bits per heavy atom. The molecule has 0 bridgehead atoms. The summed E-state index contributed by atoms with van der Waals surface area (Å²) < 4.78 is 0. The van der Waals surface area contributed by atoms with Crippen LogP contribution in [0, 0.1) is 0 Å². The third-order valence-electron chi connectivity index (χ3n) is 6.80. The highest BCUT2D eigenvalue weighted by molar-refractivity contribution is 8.00. The highest BCUT2D eigenvalue weighted by atomic mass is 32.2. The van der Waals surface area contributed by atoms with Gasteiger partial charge in [-0.3, -0.25) is 29.0 Å². The van der Waals surface area contributed by atoms with Crippen molar-refractivity contribution in [2.45, 2.75) is 22.8 Å². The number of nitrogens with one attached hydrogen (secondary N) is 2. The molecule has 4 aliphatic rings. The summed E-state index contributed by atoms with van der Waals surface area (Å²) in [5.74, 6) is -4.97. The minimum atomic E-state index is -1.33. The van der Waals surface area contributed by atoms with Crippen LogP contribution in [0.25, 0.3) is 0 Å². The molecule has 4 atom stereocenters. The molecular weight excluding hydrogens is 639 g/mol. The first kappa shape index (κ1) is 30.8. The highest BCUT2D eigenvalue weighted by Crippen LogP contribution is 2.43. The number of aromatic nitrogens is 1. The zero-order valence-corrected chi connectivity index (χ0v) is 24.9. The Bertz CT molecular complexity index is 1620. The molecule has 0 aliphatic carbocycles. The fourth-order valence-electron chi connectivity index (χ4n) is 4.79. The second-order valence-electron chi connectivity index (χ2n) is 9.36. The van der Waals surface area contributed by atoms with Crippen molar-refractivity contribution in [2.24, 2.45) is 5.16 Å². The van der Waals surface area contributed by atoms with Crippen molar-refractivity contribution < 1.29 is 43.8 Å². The number of carbonyl (C=O) groups is 6. The second-order valence-corrected chi connectivity index (χ2v) is 12.5. The average molecular weight is 662 g/mol. The number of thioether (sulfide) groups is 2. The van der Waals surface area contributed by atoms with Gasteiger partial charge in [-0.05, 0) is 11.1 Å². The molecule has 0 spiro atoms. The number of hydrogen-bond donors (Lipinski definition) is 5. The largest absolute Gasteiger partial charge is 0.479 e. The number of hydrogen-bond acceptors (Lipinski definition) is 13. The molecule has 16 nitrogen and oxygen atoms in total. The van der Waals surface area contributed by atoms with Crippen molar-refractivity contribution in [2.75, 3.05) is 23.8 Å². The fourth-order valence-corrected chi connectivity index (χ4v) is 8.01. The van der Waals surface area contributed by atoms with Crippen LogP contribution < -0.4 is 16.4 Å². The Morgan fingerprint density at radius 3 is 2.11 bits per heavy atom. The highest BCUT2D eigenvalue weighted by Gasteiger charge is 2.57. The molecule has 4 amide bonds. The number of carboxylic acids is 2. The molecule has 0 saturated carbocycles. The number of carbonyl (C=O) groups excluding carboxylic acids is 4. The van der Waals surface area contributed by atoms with E-state index in [0.717, 1.165) is 16.2 Å². The number of nitrogens with zero attached hydrogens (tertiary/aromatic N) is 4. The van der Waals surface area contributed by atoms with Crippen LogP contribution >= 0.6 is 34.9 Å². The van der Waals surface area contributed by atoms with E-state index in [0.29, 0.717) is 11.1 Å². The molecule has 3 unspecified atom stereocenters. The maximum absolute atomic E-state index is 13.5. The number of anilines is 1. The van der Waals surface area contributed by atoms with Gasteiger partial charge in [-0.2, -0.15) is 0 Å². The van der Waals surface area contributed by atoms with E-state index in [1.54, 1.807) is 0 Å². The molecule has 2 fully saturated rings. The van der Waals surface area contributed by atoms with E-state index >= 15 is 0 Å². The molecule has 1 aromatic rings. The number of thiazole rings is 1. The van der Waals surface area contributed by atoms with Gasteiger partial charge < -0.3 is 31.4 Å². The van der Waals surface area contributed by atoms with E-state index in [1.165, 1.54) is 46.0 Å². The van der Waals surface area contributed by atoms with Crippen molar-refractivity contribution in [3.8, 4) is 0 Å². The predicted molar refractivity (Wildman–Crippen MR) is 159 cm³/mol. The van der Waals surface area contributed by atoms with Crippen LogP contribution in [0.1, 0.15) is 5.69 Å². The smallest absolute Gasteiger partial charge is 0.352 e. The third kappa shape index (κ3) is 5.33. The number of fused-ring (bicyclic) bond motifs is 2. The lowest BCUT2D eigenvalue weighted by Gasteiger charge is -2.51. The molecule has 6 N–H and O–H groups in total. The lowest BCUT2D eigenvalue weighted by atomic mass is 10.00. The van der Waals surface area contributed by atoms with Gasteiger partial charge in [0, 0.05) is 16.9 Å². The number of nitrogens with two attached hydrogens (primary N) is 1. The van der Waals surface area contributed by atoms with Gasteiger partial charge in [0.2, 0.25) is 6.61 Å². The number of nitrogen functional groups attached to an aromatic ring is 1. The number of oxime groups is 1. The number of allylic oxidation sites excluding steroid dienone is 2. The van der Waals surface area contributed by atoms with E-state index in [9.17, 15) is 33.9 Å². The van der Waals surface area contributed by atoms with Crippen LogP contribution in [0.2, 0.25) is 0 Å². The lowest BCUT2D eigenvalue weighted by molar-refractivity contribution is -0.151. The summed E-state index contributed by atoms with van der Waals surface area (Å²) in [6.45, 7) is 6.50. The zero-order chi connectivity index (χ0) is 31.9. The Labute approximate surface area is 260 Å². The van der Waals surface area contributed by atoms with Crippen molar-refractivity contribution in [1.82, 2.24) is 25.4 Å². The Morgan fingerprint density at radius 2 is 1.59 bits per heavy atom. The quantitative estimate of drug-likeness (QED) is 0.112. The summed E-state index contributed by atoms with van der Waals surface area (Å²) in [7, 11) is 0. The van der Waals surface area contributed by atoms with Gasteiger partial charge in [0.1, 0.15) is 39.9 Å². The van der Waals surface area contributed by atoms with Gasteiger partial charge in [0.15, 0.2) is 10.8 Å². The maximum Gasteiger partial charge on any atom is 0.352 e. The van der Waals surface area contributed by atoms with Crippen LogP contribution in [-0.2, 0) is 33.6 Å². The monoisotopic (exact) mass is 661 g/mol. The molecule has 0 radical (unpaired) electrons. The van der Waals surface area contributed by atoms with Crippen LogP contribution in [0.3, 0.4) is 0 Å². The summed E-state index contributed by atoms with van der Waals surface area (Å²) in [5, 5.41) is 27.4. The van der Waals surface area contributed by atoms with Crippen molar-refractivity contribution in [3.05, 3.63) is 58.9 Å². The molecule has 5 rings (SSSR count). The zero-order valence-electron chi connectivity index (χ0n) is 22.4. The van der Waals surface area contributed by atoms with E-state index in [2.05, 4.69) is 33.9 Å².